The van der Waals surface area contributed by atoms with Crippen molar-refractivity contribution in [2.24, 2.45) is 0 Å². The number of hydrogen-bond donors (Lipinski definition) is 2. The van der Waals surface area contributed by atoms with E-state index in [4.69, 9.17) is 0 Å². The van der Waals surface area contributed by atoms with Gasteiger partial charge in [0.2, 0.25) is 5.91 Å². The predicted octanol–water partition coefficient (Wildman–Crippen LogP) is 2.85. The molecule has 0 radical (unpaired) electrons. The largest absolute Gasteiger partial charge is 0.368 e. The second kappa shape index (κ2) is 3.22. The number of anilines is 2. The molecular weight excluding hydrogens is 219 g/mol. The number of rotatable bonds is 1. The minimum absolute atomic E-state index is 0.113. The number of nitrogens with one attached hydrogen (secondary N) is 2. The Kier molecular flexibility index (Phi) is 2.00. The van der Waals surface area contributed by atoms with Crippen LogP contribution in [0.2, 0.25) is 0 Å². The Morgan fingerprint density at radius 1 is 1.29 bits per heavy atom. The topological polar surface area (TPSA) is 41.1 Å². The van der Waals surface area contributed by atoms with Crippen LogP contribution in [0.3, 0.4) is 0 Å². The van der Waals surface area contributed by atoms with Gasteiger partial charge in [0.25, 0.3) is 0 Å². The first-order valence-corrected chi connectivity index (χ1v) is 5.91. The summed E-state index contributed by atoms with van der Waals surface area (Å²) in [5, 5.41) is 5.83. The lowest BCUT2D eigenvalue weighted by atomic mass is 9.96. The molecule has 1 aromatic carbocycles. The third-order valence-corrected chi connectivity index (χ3v) is 3.45. The van der Waals surface area contributed by atoms with Crippen LogP contribution < -0.4 is 10.6 Å². The van der Waals surface area contributed by atoms with Crippen molar-refractivity contribution in [3.63, 3.8) is 0 Å². The number of halogens is 1. The molecule has 2 aliphatic rings. The maximum atomic E-state index is 13.8. The summed E-state index contributed by atoms with van der Waals surface area (Å²) in [7, 11) is 0. The van der Waals surface area contributed by atoms with Crippen LogP contribution >= 0.6 is 0 Å². The van der Waals surface area contributed by atoms with E-state index < -0.39 is 5.54 Å². The predicted molar refractivity (Wildman–Crippen MR) is 64.7 cm³/mol. The molecule has 90 valence electrons. The van der Waals surface area contributed by atoms with Crippen LogP contribution in [0, 0.1) is 5.82 Å². The van der Waals surface area contributed by atoms with E-state index in [-0.39, 0.29) is 11.7 Å². The van der Waals surface area contributed by atoms with Gasteiger partial charge in [-0.1, -0.05) is 6.07 Å². The Morgan fingerprint density at radius 2 is 2.00 bits per heavy atom. The lowest BCUT2D eigenvalue weighted by Gasteiger charge is -2.34. The quantitative estimate of drug-likeness (QED) is 0.784. The highest BCUT2D eigenvalue weighted by Gasteiger charge is 2.37. The van der Waals surface area contributed by atoms with E-state index in [9.17, 15) is 9.18 Å². The summed E-state index contributed by atoms with van der Waals surface area (Å²) in [4.78, 5) is 11.9. The third-order valence-electron chi connectivity index (χ3n) is 3.45. The van der Waals surface area contributed by atoms with Gasteiger partial charge in [-0.2, -0.15) is 0 Å². The second-order valence-corrected chi connectivity index (χ2v) is 5.37. The molecule has 0 aromatic heterocycles. The number of amides is 1. The fraction of sp³-hybridized carbons (Fsp3) is 0.462. The molecule has 3 nitrogen and oxygen atoms in total. The van der Waals surface area contributed by atoms with Crippen molar-refractivity contribution in [2.75, 3.05) is 10.6 Å². The van der Waals surface area contributed by atoms with Crippen LogP contribution in [0.15, 0.2) is 12.1 Å². The van der Waals surface area contributed by atoms with Crippen molar-refractivity contribution >= 4 is 17.3 Å². The van der Waals surface area contributed by atoms with Crippen molar-refractivity contribution in [2.45, 2.75) is 38.1 Å². The van der Waals surface area contributed by atoms with Crippen molar-refractivity contribution < 1.29 is 9.18 Å². The van der Waals surface area contributed by atoms with E-state index in [1.54, 1.807) is 19.9 Å². The van der Waals surface area contributed by atoms with Gasteiger partial charge in [0.1, 0.15) is 11.4 Å². The Bertz CT molecular complexity index is 506. The monoisotopic (exact) mass is 234 g/mol. The van der Waals surface area contributed by atoms with Crippen LogP contribution in [0.4, 0.5) is 15.8 Å². The van der Waals surface area contributed by atoms with Crippen molar-refractivity contribution in [3.05, 3.63) is 23.5 Å². The maximum Gasteiger partial charge on any atom is 0.249 e. The second-order valence-electron chi connectivity index (χ2n) is 5.37. The Morgan fingerprint density at radius 3 is 2.65 bits per heavy atom. The molecule has 1 aliphatic carbocycles. The number of carbonyl (C=O) groups is 1. The molecule has 1 amide bonds. The summed E-state index contributed by atoms with van der Waals surface area (Å²) in [5.74, 6) is 0.0580. The zero-order valence-corrected chi connectivity index (χ0v) is 9.93. The van der Waals surface area contributed by atoms with Crippen LogP contribution in [-0.4, -0.2) is 11.4 Å². The molecule has 17 heavy (non-hydrogen) atoms. The molecule has 1 heterocycles. The summed E-state index contributed by atoms with van der Waals surface area (Å²) >= 11 is 0. The first-order chi connectivity index (χ1) is 7.99. The minimum Gasteiger partial charge on any atom is -0.368 e. The van der Waals surface area contributed by atoms with Gasteiger partial charge in [-0.15, -0.1) is 0 Å². The van der Waals surface area contributed by atoms with Crippen molar-refractivity contribution in [3.8, 4) is 0 Å². The highest BCUT2D eigenvalue weighted by atomic mass is 19.1. The standard InChI is InChI=1S/C13H15FN2O/c1-13(2)12(17)15-10-8(7-3-4-7)5-6-9(14)11(10)16-13/h5-7,16H,3-4H2,1-2H3,(H,15,17). The first kappa shape index (κ1) is 10.6. The Balaban J connectivity index is 2.13. The molecule has 0 spiro atoms. The molecule has 1 aromatic rings. The van der Waals surface area contributed by atoms with Gasteiger partial charge < -0.3 is 10.6 Å². The highest BCUT2D eigenvalue weighted by Crippen LogP contribution is 2.47. The van der Waals surface area contributed by atoms with Gasteiger partial charge in [0.05, 0.1) is 11.4 Å². The zero-order valence-electron chi connectivity index (χ0n) is 9.93. The SMILES string of the molecule is CC1(C)Nc2c(F)ccc(C3CC3)c2NC1=O. The minimum atomic E-state index is -0.768. The molecule has 0 bridgehead atoms. The summed E-state index contributed by atoms with van der Waals surface area (Å²) in [5.41, 5.74) is 1.35. The van der Waals surface area contributed by atoms with E-state index >= 15 is 0 Å². The normalized spacial score (nSPS) is 21.5. The average Bonchev–Trinajstić information content (AvgIpc) is 3.05. The van der Waals surface area contributed by atoms with E-state index in [2.05, 4.69) is 10.6 Å². The smallest absolute Gasteiger partial charge is 0.249 e. The lowest BCUT2D eigenvalue weighted by Crippen LogP contribution is -2.48. The van der Waals surface area contributed by atoms with Crippen LogP contribution in [0.25, 0.3) is 0 Å². The highest BCUT2D eigenvalue weighted by molar-refractivity contribution is 6.06. The number of hydrogen-bond acceptors (Lipinski definition) is 2. The zero-order chi connectivity index (χ0) is 12.2. The number of benzene rings is 1. The van der Waals surface area contributed by atoms with E-state index in [1.807, 2.05) is 0 Å². The summed E-state index contributed by atoms with van der Waals surface area (Å²) < 4.78 is 13.8. The number of fused-ring (bicyclic) bond motifs is 1. The van der Waals surface area contributed by atoms with Gasteiger partial charge >= 0.3 is 0 Å². The summed E-state index contributed by atoms with van der Waals surface area (Å²) in [6, 6.07) is 3.26. The van der Waals surface area contributed by atoms with Crippen LogP contribution in [-0.2, 0) is 4.79 Å². The Labute approximate surface area is 99.4 Å². The fourth-order valence-corrected chi connectivity index (χ4v) is 2.22. The van der Waals surface area contributed by atoms with Crippen LogP contribution in [0.1, 0.15) is 38.2 Å². The summed E-state index contributed by atoms with van der Waals surface area (Å²) in [6.45, 7) is 3.49. The van der Waals surface area contributed by atoms with Crippen molar-refractivity contribution in [1.82, 2.24) is 0 Å². The van der Waals surface area contributed by atoms with Gasteiger partial charge in [0, 0.05) is 0 Å². The van der Waals surface area contributed by atoms with Gasteiger partial charge in [-0.25, -0.2) is 4.39 Å². The average molecular weight is 234 g/mol. The molecule has 0 atom stereocenters. The summed E-state index contributed by atoms with van der Waals surface area (Å²) in [6.07, 6.45) is 2.24. The van der Waals surface area contributed by atoms with E-state index in [1.165, 1.54) is 6.07 Å². The molecule has 3 rings (SSSR count). The van der Waals surface area contributed by atoms with E-state index in [0.717, 1.165) is 18.4 Å². The fourth-order valence-electron chi connectivity index (χ4n) is 2.22. The Hall–Kier alpha value is -1.58. The first-order valence-electron chi connectivity index (χ1n) is 5.91. The molecule has 4 heteroatoms. The van der Waals surface area contributed by atoms with E-state index in [0.29, 0.717) is 17.3 Å². The van der Waals surface area contributed by atoms with Gasteiger partial charge in [0.15, 0.2) is 0 Å². The molecule has 0 unspecified atom stereocenters. The molecular formula is C13H15FN2O. The van der Waals surface area contributed by atoms with Gasteiger partial charge in [-0.05, 0) is 44.2 Å². The molecule has 1 saturated carbocycles. The molecule has 1 fully saturated rings. The molecule has 2 N–H and O–H groups in total. The number of carbonyl (C=O) groups excluding carboxylic acids is 1. The molecule has 1 aliphatic heterocycles. The van der Waals surface area contributed by atoms with Gasteiger partial charge in [-0.3, -0.25) is 4.79 Å². The lowest BCUT2D eigenvalue weighted by molar-refractivity contribution is -0.119. The maximum absolute atomic E-state index is 13.8. The third kappa shape index (κ3) is 1.59. The van der Waals surface area contributed by atoms with Crippen LogP contribution in [0.5, 0.6) is 0 Å². The molecule has 0 saturated heterocycles. The van der Waals surface area contributed by atoms with Crippen molar-refractivity contribution in [1.29, 1.82) is 0 Å².